The molecule has 1 N–H and O–H groups in total. The lowest BCUT2D eigenvalue weighted by Crippen LogP contribution is -1.91. The molecule has 7 heteroatoms. The Hall–Kier alpha value is -1.40. The molecule has 0 aliphatic heterocycles. The van der Waals surface area contributed by atoms with Crippen molar-refractivity contribution < 1.29 is 0 Å². The van der Waals surface area contributed by atoms with Crippen LogP contribution in [0, 0.1) is 0 Å². The number of halogens is 3. The lowest BCUT2D eigenvalue weighted by atomic mass is 10.2. The molecule has 116 valence electrons. The Bertz CT molecular complexity index is 850. The normalized spacial score (nSPS) is 11.1. The molecular formula is C16H10BrCl2N3S. The number of aromatic nitrogens is 1. The number of hydrogen-bond donors (Lipinski definition) is 1. The van der Waals surface area contributed by atoms with Crippen LogP contribution in [0.2, 0.25) is 10.0 Å². The van der Waals surface area contributed by atoms with Crippen LogP contribution in [-0.2, 0) is 0 Å². The third kappa shape index (κ3) is 3.93. The number of thiazole rings is 1. The number of hydrogen-bond acceptors (Lipinski definition) is 4. The molecule has 0 atom stereocenters. The molecule has 3 rings (SSSR count). The Morgan fingerprint density at radius 2 is 1.87 bits per heavy atom. The van der Waals surface area contributed by atoms with Crippen LogP contribution >= 0.6 is 50.5 Å². The van der Waals surface area contributed by atoms with Gasteiger partial charge in [0.1, 0.15) is 0 Å². The molecule has 0 fully saturated rings. The first kappa shape index (κ1) is 16.5. The van der Waals surface area contributed by atoms with E-state index in [2.05, 4.69) is 31.4 Å². The first-order valence-corrected chi connectivity index (χ1v) is 9.01. The smallest absolute Gasteiger partial charge is 0.203 e. The average molecular weight is 427 g/mol. The van der Waals surface area contributed by atoms with Crippen LogP contribution in [0.4, 0.5) is 5.13 Å². The topological polar surface area (TPSA) is 37.3 Å². The Balaban J connectivity index is 1.72. The van der Waals surface area contributed by atoms with Crippen molar-refractivity contribution in [2.75, 3.05) is 5.43 Å². The number of nitrogens with one attached hydrogen (secondary N) is 1. The lowest BCUT2D eigenvalue weighted by molar-refractivity contribution is 1.29. The van der Waals surface area contributed by atoms with Crippen LogP contribution in [0.25, 0.3) is 11.3 Å². The number of nitrogens with zero attached hydrogens (tertiary/aromatic N) is 2. The van der Waals surface area contributed by atoms with Gasteiger partial charge < -0.3 is 0 Å². The molecule has 23 heavy (non-hydrogen) atoms. The minimum Gasteiger partial charge on any atom is -0.253 e. The maximum atomic E-state index is 6.17. The standard InChI is InChI=1S/C16H10BrCl2N3S/c17-12-7-6-11(14(18)15(12)19)8-20-22-16-21-13(9-23-16)10-4-2-1-3-5-10/h1-9H,(H,21,22). The summed E-state index contributed by atoms with van der Waals surface area (Å²) in [4.78, 5) is 4.49. The number of benzene rings is 2. The molecule has 0 aliphatic carbocycles. The largest absolute Gasteiger partial charge is 0.253 e. The lowest BCUT2D eigenvalue weighted by Gasteiger charge is -2.02. The summed E-state index contributed by atoms with van der Waals surface area (Å²) in [5.41, 5.74) is 5.62. The minimum absolute atomic E-state index is 0.454. The van der Waals surface area contributed by atoms with Gasteiger partial charge in [0.05, 0.1) is 22.0 Å². The van der Waals surface area contributed by atoms with E-state index in [1.54, 1.807) is 6.21 Å². The monoisotopic (exact) mass is 425 g/mol. The molecule has 0 unspecified atom stereocenters. The van der Waals surface area contributed by atoms with E-state index >= 15 is 0 Å². The predicted molar refractivity (Wildman–Crippen MR) is 103 cm³/mol. The molecule has 1 aromatic heterocycles. The zero-order chi connectivity index (χ0) is 16.2. The zero-order valence-electron chi connectivity index (χ0n) is 11.6. The van der Waals surface area contributed by atoms with E-state index in [0.717, 1.165) is 21.3 Å². The van der Waals surface area contributed by atoms with Crippen molar-refractivity contribution in [1.29, 1.82) is 0 Å². The fourth-order valence-corrected chi connectivity index (χ4v) is 3.36. The molecule has 0 saturated heterocycles. The van der Waals surface area contributed by atoms with Gasteiger partial charge in [-0.05, 0) is 22.0 Å². The van der Waals surface area contributed by atoms with Gasteiger partial charge in [-0.15, -0.1) is 11.3 Å². The summed E-state index contributed by atoms with van der Waals surface area (Å²) < 4.78 is 0.752. The van der Waals surface area contributed by atoms with Crippen LogP contribution in [-0.4, -0.2) is 11.2 Å². The van der Waals surface area contributed by atoms with Crippen molar-refractivity contribution >= 4 is 61.8 Å². The summed E-state index contributed by atoms with van der Waals surface area (Å²) in [6, 6.07) is 13.6. The highest BCUT2D eigenvalue weighted by Gasteiger charge is 2.07. The second-order valence-corrected chi connectivity index (χ2v) is 7.01. The highest BCUT2D eigenvalue weighted by Crippen LogP contribution is 2.32. The third-order valence-corrected chi connectivity index (χ3v) is 5.54. The second kappa shape index (κ2) is 7.45. The summed E-state index contributed by atoms with van der Waals surface area (Å²) in [7, 11) is 0. The molecule has 2 aromatic carbocycles. The van der Waals surface area contributed by atoms with E-state index < -0.39 is 0 Å². The molecule has 1 heterocycles. The van der Waals surface area contributed by atoms with Crippen LogP contribution in [0.15, 0.2) is 57.4 Å². The van der Waals surface area contributed by atoms with Crippen molar-refractivity contribution in [2.45, 2.75) is 0 Å². The Morgan fingerprint density at radius 3 is 2.65 bits per heavy atom. The third-order valence-electron chi connectivity index (χ3n) is 3.00. The predicted octanol–water partition coefficient (Wildman–Crippen LogP) is 6.33. The molecule has 0 bridgehead atoms. The van der Waals surface area contributed by atoms with Gasteiger partial charge >= 0.3 is 0 Å². The molecule has 0 spiro atoms. The van der Waals surface area contributed by atoms with E-state index in [-0.39, 0.29) is 0 Å². The Labute approximate surface area is 156 Å². The maximum absolute atomic E-state index is 6.17. The van der Waals surface area contributed by atoms with Crippen LogP contribution < -0.4 is 5.43 Å². The van der Waals surface area contributed by atoms with Gasteiger partial charge in [-0.25, -0.2) is 4.98 Å². The number of hydrazone groups is 1. The molecule has 0 radical (unpaired) electrons. The first-order chi connectivity index (χ1) is 11.1. The van der Waals surface area contributed by atoms with Gasteiger partial charge in [0.2, 0.25) is 5.13 Å². The molecule has 3 nitrogen and oxygen atoms in total. The molecular weight excluding hydrogens is 417 g/mol. The van der Waals surface area contributed by atoms with Gasteiger partial charge in [-0.2, -0.15) is 5.10 Å². The van der Waals surface area contributed by atoms with Gasteiger partial charge in [0.15, 0.2) is 0 Å². The Morgan fingerprint density at radius 1 is 1.09 bits per heavy atom. The van der Waals surface area contributed by atoms with E-state index in [0.29, 0.717) is 15.2 Å². The van der Waals surface area contributed by atoms with E-state index in [1.165, 1.54) is 11.3 Å². The summed E-state index contributed by atoms with van der Waals surface area (Å²) >= 11 is 17.1. The Kier molecular flexibility index (Phi) is 5.33. The van der Waals surface area contributed by atoms with Gasteiger partial charge in [0.25, 0.3) is 0 Å². The van der Waals surface area contributed by atoms with Crippen LogP contribution in [0.1, 0.15) is 5.56 Å². The SMILES string of the molecule is Clc1c(Br)ccc(C=NNc2nc(-c3ccccc3)cs2)c1Cl. The van der Waals surface area contributed by atoms with Crippen molar-refractivity contribution in [3.8, 4) is 11.3 Å². The highest BCUT2D eigenvalue weighted by molar-refractivity contribution is 9.10. The van der Waals surface area contributed by atoms with E-state index in [4.69, 9.17) is 23.2 Å². The summed E-state index contributed by atoms with van der Waals surface area (Å²) in [6.45, 7) is 0. The van der Waals surface area contributed by atoms with Gasteiger partial charge in [-0.1, -0.05) is 59.6 Å². The molecule has 3 aromatic rings. The minimum atomic E-state index is 0.454. The quantitative estimate of drug-likeness (QED) is 0.300. The van der Waals surface area contributed by atoms with Gasteiger partial charge in [0, 0.05) is 21.0 Å². The highest BCUT2D eigenvalue weighted by atomic mass is 79.9. The summed E-state index contributed by atoms with van der Waals surface area (Å²) in [5, 5.41) is 7.78. The van der Waals surface area contributed by atoms with E-state index in [9.17, 15) is 0 Å². The van der Waals surface area contributed by atoms with Crippen molar-refractivity contribution in [1.82, 2.24) is 4.98 Å². The van der Waals surface area contributed by atoms with Crippen molar-refractivity contribution in [3.63, 3.8) is 0 Å². The molecule has 0 aliphatic rings. The zero-order valence-corrected chi connectivity index (χ0v) is 15.5. The van der Waals surface area contributed by atoms with Crippen molar-refractivity contribution in [2.24, 2.45) is 5.10 Å². The van der Waals surface area contributed by atoms with Crippen LogP contribution in [0.3, 0.4) is 0 Å². The van der Waals surface area contributed by atoms with Crippen molar-refractivity contribution in [3.05, 3.63) is 67.9 Å². The van der Waals surface area contributed by atoms with Gasteiger partial charge in [-0.3, -0.25) is 5.43 Å². The summed E-state index contributed by atoms with van der Waals surface area (Å²) in [5.74, 6) is 0. The first-order valence-electron chi connectivity index (χ1n) is 6.58. The number of anilines is 1. The van der Waals surface area contributed by atoms with Crippen LogP contribution in [0.5, 0.6) is 0 Å². The average Bonchev–Trinajstić information content (AvgIpc) is 3.05. The fourth-order valence-electron chi connectivity index (χ4n) is 1.86. The maximum Gasteiger partial charge on any atom is 0.203 e. The summed E-state index contributed by atoms with van der Waals surface area (Å²) in [6.07, 6.45) is 1.62. The molecule has 0 saturated carbocycles. The molecule has 0 amide bonds. The van der Waals surface area contributed by atoms with E-state index in [1.807, 2.05) is 47.8 Å². The second-order valence-electron chi connectivity index (χ2n) is 4.54. The number of rotatable bonds is 4. The fraction of sp³-hybridized carbons (Fsp3) is 0.